The van der Waals surface area contributed by atoms with E-state index in [9.17, 15) is 15.2 Å². The van der Waals surface area contributed by atoms with Gasteiger partial charge in [0.2, 0.25) is 0 Å². The lowest BCUT2D eigenvalue weighted by molar-refractivity contribution is 0.475. The number of phenolic OH excluding ortho intramolecular Hbond substituents is 1. The highest BCUT2D eigenvalue weighted by atomic mass is 16.3. The van der Waals surface area contributed by atoms with E-state index in [4.69, 9.17) is 22.2 Å². The van der Waals surface area contributed by atoms with Gasteiger partial charge in [0.05, 0.1) is 34.5 Å². The third-order valence-corrected chi connectivity index (χ3v) is 6.63. The molecule has 10 nitrogen and oxygen atoms in total. The fraction of sp³-hybridized carbons (Fsp3) is 0.0667. The van der Waals surface area contributed by atoms with Crippen LogP contribution in [0.4, 0.5) is 5.82 Å². The van der Waals surface area contributed by atoms with Crippen molar-refractivity contribution in [2.45, 2.75) is 13.1 Å². The summed E-state index contributed by atoms with van der Waals surface area (Å²) in [5, 5.41) is 24.6. The third-order valence-electron chi connectivity index (χ3n) is 6.63. The normalized spacial score (nSPS) is 10.9. The molecule has 0 atom stereocenters. The highest BCUT2D eigenvalue weighted by Gasteiger charge is 2.20. The monoisotopic (exact) mass is 524 g/mol. The second-order valence-electron chi connectivity index (χ2n) is 9.08. The second-order valence-corrected chi connectivity index (χ2v) is 9.08. The molecule has 6 aromatic rings. The Morgan fingerprint density at radius 3 is 2.48 bits per heavy atom. The van der Waals surface area contributed by atoms with Crippen LogP contribution in [0.3, 0.4) is 0 Å². The molecule has 3 N–H and O–H groups in total. The van der Waals surface area contributed by atoms with Gasteiger partial charge in [-0.3, -0.25) is 9.36 Å². The van der Waals surface area contributed by atoms with Crippen LogP contribution in [0.15, 0.2) is 77.9 Å². The molecular formula is C30H20N8O2. The van der Waals surface area contributed by atoms with Gasteiger partial charge >= 0.3 is 0 Å². The number of terminal acetylenes is 1. The van der Waals surface area contributed by atoms with Gasteiger partial charge in [-0.1, -0.05) is 24.1 Å². The van der Waals surface area contributed by atoms with E-state index in [1.54, 1.807) is 76.0 Å². The Labute approximate surface area is 227 Å². The molecule has 0 aliphatic carbocycles. The molecule has 192 valence electrons. The Morgan fingerprint density at radius 2 is 1.75 bits per heavy atom. The lowest BCUT2D eigenvalue weighted by Crippen LogP contribution is -2.28. The van der Waals surface area contributed by atoms with E-state index in [1.165, 1.54) is 6.33 Å². The minimum atomic E-state index is -0.290. The van der Waals surface area contributed by atoms with Crippen LogP contribution in [0, 0.1) is 23.7 Å². The van der Waals surface area contributed by atoms with Gasteiger partial charge in [0.25, 0.3) is 5.56 Å². The maximum absolute atomic E-state index is 13.9. The summed E-state index contributed by atoms with van der Waals surface area (Å²) in [4.78, 5) is 27.3. The fourth-order valence-corrected chi connectivity index (χ4v) is 4.68. The molecule has 3 heterocycles. The third kappa shape index (κ3) is 4.16. The topological polar surface area (TPSA) is 149 Å². The van der Waals surface area contributed by atoms with E-state index in [0.29, 0.717) is 50.1 Å². The van der Waals surface area contributed by atoms with Crippen LogP contribution in [0.1, 0.15) is 22.5 Å². The first-order valence-corrected chi connectivity index (χ1v) is 12.2. The smallest absolute Gasteiger partial charge is 0.263 e. The fourth-order valence-electron chi connectivity index (χ4n) is 4.68. The summed E-state index contributed by atoms with van der Waals surface area (Å²) < 4.78 is 3.19. The van der Waals surface area contributed by atoms with Crippen LogP contribution < -0.4 is 11.3 Å². The van der Waals surface area contributed by atoms with Crippen molar-refractivity contribution in [3.63, 3.8) is 0 Å². The Morgan fingerprint density at radius 1 is 0.975 bits per heavy atom. The molecule has 0 spiro atoms. The van der Waals surface area contributed by atoms with E-state index >= 15 is 0 Å². The number of nitrogen functional groups attached to an aromatic ring is 1. The standard InChI is InChI=1S/C30H20N8O2/c1-2-20-4-3-5-23-25(20)30(40)37(15-19-8-6-18(14-31)7-9-19)24(35-23)16-38-29-26(28(32)33-17-34-29)27(36-38)21-10-12-22(39)13-11-21/h1,3-13,17,39H,15-16H2,(H2,32,33,34). The van der Waals surface area contributed by atoms with Crippen molar-refractivity contribution in [3.05, 3.63) is 106 Å². The van der Waals surface area contributed by atoms with Crippen molar-refractivity contribution < 1.29 is 5.11 Å². The van der Waals surface area contributed by atoms with Gasteiger partial charge in [-0.2, -0.15) is 10.4 Å². The molecule has 0 aliphatic heterocycles. The van der Waals surface area contributed by atoms with E-state index in [-0.39, 0.29) is 30.2 Å². The molecule has 0 amide bonds. The molecular weight excluding hydrogens is 504 g/mol. The number of nitriles is 1. The highest BCUT2D eigenvalue weighted by molar-refractivity contribution is 5.98. The maximum Gasteiger partial charge on any atom is 0.263 e. The lowest BCUT2D eigenvalue weighted by atomic mass is 10.1. The first-order chi connectivity index (χ1) is 19.5. The number of nitrogens with two attached hydrogens (primary N) is 1. The number of hydrogen-bond acceptors (Lipinski definition) is 8. The number of phenols is 1. The van der Waals surface area contributed by atoms with Crippen molar-refractivity contribution in [1.82, 2.24) is 29.3 Å². The molecule has 0 saturated heterocycles. The van der Waals surface area contributed by atoms with Gasteiger partial charge in [0.15, 0.2) is 5.65 Å². The molecule has 0 unspecified atom stereocenters. The van der Waals surface area contributed by atoms with Crippen molar-refractivity contribution in [3.8, 4) is 35.4 Å². The summed E-state index contributed by atoms with van der Waals surface area (Å²) in [6.45, 7) is 0.287. The van der Waals surface area contributed by atoms with E-state index in [0.717, 1.165) is 5.56 Å². The Kier molecular flexibility index (Phi) is 5.91. The predicted molar refractivity (Wildman–Crippen MR) is 150 cm³/mol. The number of aromatic hydroxyl groups is 1. The quantitative estimate of drug-likeness (QED) is 0.326. The zero-order chi connectivity index (χ0) is 27.8. The average molecular weight is 525 g/mol. The van der Waals surface area contributed by atoms with Crippen LogP contribution in [0.2, 0.25) is 0 Å². The number of rotatable bonds is 5. The van der Waals surface area contributed by atoms with Gasteiger partial charge in [0, 0.05) is 11.1 Å². The molecule has 0 fully saturated rings. The number of hydrogen-bond donors (Lipinski definition) is 2. The number of aromatic nitrogens is 6. The second kappa shape index (κ2) is 9.71. The molecule has 6 rings (SSSR count). The summed E-state index contributed by atoms with van der Waals surface area (Å²) in [6.07, 6.45) is 7.07. The largest absolute Gasteiger partial charge is 0.508 e. The highest BCUT2D eigenvalue weighted by Crippen LogP contribution is 2.31. The number of fused-ring (bicyclic) bond motifs is 2. The molecule has 3 aromatic carbocycles. The number of benzene rings is 3. The summed E-state index contributed by atoms with van der Waals surface area (Å²) in [7, 11) is 0. The predicted octanol–water partition coefficient (Wildman–Crippen LogP) is 3.44. The summed E-state index contributed by atoms with van der Waals surface area (Å²) in [5.74, 6) is 3.38. The van der Waals surface area contributed by atoms with Crippen LogP contribution >= 0.6 is 0 Å². The van der Waals surface area contributed by atoms with E-state index < -0.39 is 0 Å². The zero-order valence-corrected chi connectivity index (χ0v) is 21.0. The molecule has 40 heavy (non-hydrogen) atoms. The maximum atomic E-state index is 13.9. The van der Waals surface area contributed by atoms with Gasteiger partial charge in [-0.25, -0.2) is 19.6 Å². The summed E-state index contributed by atoms with van der Waals surface area (Å²) in [6, 6.07) is 20.9. The first-order valence-electron chi connectivity index (χ1n) is 12.2. The minimum absolute atomic E-state index is 0.0901. The van der Waals surface area contributed by atoms with Crippen LogP contribution in [0.5, 0.6) is 5.75 Å². The molecule has 0 radical (unpaired) electrons. The first kappa shape index (κ1) is 24.3. The summed E-state index contributed by atoms with van der Waals surface area (Å²) in [5.41, 5.74) is 9.92. The van der Waals surface area contributed by atoms with Crippen molar-refractivity contribution in [1.29, 1.82) is 5.26 Å². The number of nitrogens with zero attached hydrogens (tertiary/aromatic N) is 7. The number of anilines is 1. The molecule has 0 bridgehead atoms. The molecule has 0 saturated carbocycles. The van der Waals surface area contributed by atoms with E-state index in [2.05, 4.69) is 22.0 Å². The van der Waals surface area contributed by atoms with Gasteiger partial charge in [-0.15, -0.1) is 6.42 Å². The van der Waals surface area contributed by atoms with Crippen LogP contribution in [0.25, 0.3) is 33.2 Å². The zero-order valence-electron chi connectivity index (χ0n) is 21.0. The van der Waals surface area contributed by atoms with Crippen LogP contribution in [-0.4, -0.2) is 34.4 Å². The molecule has 3 aromatic heterocycles. The van der Waals surface area contributed by atoms with Gasteiger partial charge in [-0.05, 0) is 54.1 Å². The Hall–Kier alpha value is -6.00. The Balaban J connectivity index is 1.55. The van der Waals surface area contributed by atoms with Crippen molar-refractivity contribution in [2.24, 2.45) is 0 Å². The SMILES string of the molecule is C#Cc1cccc2nc(Cn3nc(-c4ccc(O)cc4)c4c(N)ncnc43)n(Cc3ccc(C#N)cc3)c(=O)c12. The van der Waals surface area contributed by atoms with Crippen molar-refractivity contribution >= 4 is 27.8 Å². The minimum Gasteiger partial charge on any atom is -0.508 e. The summed E-state index contributed by atoms with van der Waals surface area (Å²) >= 11 is 0. The average Bonchev–Trinajstić information content (AvgIpc) is 3.34. The Bertz CT molecular complexity index is 2060. The lowest BCUT2D eigenvalue weighted by Gasteiger charge is -2.15. The van der Waals surface area contributed by atoms with Gasteiger partial charge in [0.1, 0.15) is 36.0 Å². The van der Waals surface area contributed by atoms with Crippen molar-refractivity contribution in [2.75, 3.05) is 5.73 Å². The molecule has 10 heteroatoms. The van der Waals surface area contributed by atoms with Crippen LogP contribution in [-0.2, 0) is 13.1 Å². The van der Waals surface area contributed by atoms with Gasteiger partial charge < -0.3 is 10.8 Å². The van der Waals surface area contributed by atoms with E-state index in [1.807, 2.05) is 0 Å². The molecule has 0 aliphatic rings.